The van der Waals surface area contributed by atoms with Crippen LogP contribution in [0.15, 0.2) is 36.5 Å². The van der Waals surface area contributed by atoms with Gasteiger partial charge in [0, 0.05) is 23.0 Å². The number of rotatable bonds is 3. The molecule has 2 rings (SSSR count). The van der Waals surface area contributed by atoms with Crippen molar-refractivity contribution in [3.05, 3.63) is 48.0 Å². The summed E-state index contributed by atoms with van der Waals surface area (Å²) in [4.78, 5) is 4.23. The molecular formula is C17H22FNO. The van der Waals surface area contributed by atoms with E-state index in [1.807, 2.05) is 46.8 Å². The number of hydrogen-bond donors (Lipinski definition) is 0. The molecule has 0 aliphatic heterocycles. The van der Waals surface area contributed by atoms with Gasteiger partial charge in [0.05, 0.1) is 6.10 Å². The van der Waals surface area contributed by atoms with E-state index in [2.05, 4.69) is 4.98 Å². The number of halogens is 1. The molecule has 2 nitrogen and oxygen atoms in total. The van der Waals surface area contributed by atoms with E-state index in [0.717, 1.165) is 16.8 Å². The molecule has 0 bridgehead atoms. The number of benzene rings is 1. The van der Waals surface area contributed by atoms with E-state index in [-0.39, 0.29) is 11.9 Å². The molecule has 0 radical (unpaired) electrons. The highest BCUT2D eigenvalue weighted by Gasteiger charge is 2.09. The van der Waals surface area contributed by atoms with E-state index in [1.54, 1.807) is 12.3 Å². The monoisotopic (exact) mass is 275 g/mol. The third kappa shape index (κ3) is 4.34. The Labute approximate surface area is 120 Å². The molecule has 0 spiro atoms. The van der Waals surface area contributed by atoms with Crippen LogP contribution in [0.2, 0.25) is 0 Å². The minimum Gasteiger partial charge on any atom is -0.490 e. The molecule has 0 saturated heterocycles. The van der Waals surface area contributed by atoms with Gasteiger partial charge in [-0.1, -0.05) is 19.9 Å². The molecule has 20 heavy (non-hydrogen) atoms. The lowest BCUT2D eigenvalue weighted by molar-refractivity contribution is 0.243. The lowest BCUT2D eigenvalue weighted by atomic mass is 10.1. The second-order valence-corrected chi connectivity index (χ2v) is 4.50. The topological polar surface area (TPSA) is 22.1 Å². The number of aryl methyl sites for hydroxylation is 1. The SMILES string of the molecule is CC.Cc1ccc(-c2cc(F)ccc2OC(C)C)cn1. The van der Waals surface area contributed by atoms with Gasteiger partial charge in [0.15, 0.2) is 0 Å². The van der Waals surface area contributed by atoms with Crippen LogP contribution >= 0.6 is 0 Å². The molecule has 0 fully saturated rings. The van der Waals surface area contributed by atoms with E-state index in [4.69, 9.17) is 4.74 Å². The molecule has 0 N–H and O–H groups in total. The van der Waals surface area contributed by atoms with Gasteiger partial charge in [0.25, 0.3) is 0 Å². The zero-order valence-corrected chi connectivity index (χ0v) is 12.8. The highest BCUT2D eigenvalue weighted by Crippen LogP contribution is 2.31. The molecule has 0 unspecified atom stereocenters. The average molecular weight is 275 g/mol. The molecule has 2 aromatic rings. The Bertz CT molecular complexity index is 535. The molecule has 0 aliphatic carbocycles. The molecule has 0 saturated carbocycles. The van der Waals surface area contributed by atoms with E-state index >= 15 is 0 Å². The summed E-state index contributed by atoms with van der Waals surface area (Å²) < 4.78 is 19.1. The standard InChI is InChI=1S/C15H16FNO.C2H6/c1-10(2)18-15-7-6-13(16)8-14(15)12-5-4-11(3)17-9-12;1-2/h4-10H,1-3H3;1-2H3. The number of ether oxygens (including phenoxy) is 1. The number of hydrogen-bond acceptors (Lipinski definition) is 2. The molecule has 0 aliphatic rings. The smallest absolute Gasteiger partial charge is 0.127 e. The average Bonchev–Trinajstić information content (AvgIpc) is 2.43. The first-order valence-electron chi connectivity index (χ1n) is 6.95. The van der Waals surface area contributed by atoms with Gasteiger partial charge in [0.1, 0.15) is 11.6 Å². The number of pyridine rings is 1. The van der Waals surface area contributed by atoms with Gasteiger partial charge < -0.3 is 4.74 Å². The van der Waals surface area contributed by atoms with Crippen molar-refractivity contribution in [3.8, 4) is 16.9 Å². The van der Waals surface area contributed by atoms with Gasteiger partial charge in [-0.05, 0) is 45.0 Å². The predicted molar refractivity (Wildman–Crippen MR) is 81.5 cm³/mol. The summed E-state index contributed by atoms with van der Waals surface area (Å²) in [6.07, 6.45) is 1.78. The van der Waals surface area contributed by atoms with Crippen molar-refractivity contribution >= 4 is 0 Å². The van der Waals surface area contributed by atoms with Crippen molar-refractivity contribution in [1.82, 2.24) is 4.98 Å². The van der Waals surface area contributed by atoms with Crippen LogP contribution in [0.5, 0.6) is 5.75 Å². The largest absolute Gasteiger partial charge is 0.490 e. The third-order valence-corrected chi connectivity index (χ3v) is 2.53. The van der Waals surface area contributed by atoms with E-state index in [0.29, 0.717) is 5.75 Å². The van der Waals surface area contributed by atoms with Crippen LogP contribution in [0.1, 0.15) is 33.4 Å². The Morgan fingerprint density at radius 3 is 2.35 bits per heavy atom. The van der Waals surface area contributed by atoms with Crippen molar-refractivity contribution in [3.63, 3.8) is 0 Å². The van der Waals surface area contributed by atoms with Gasteiger partial charge in [-0.15, -0.1) is 0 Å². The fourth-order valence-electron chi connectivity index (χ4n) is 1.71. The summed E-state index contributed by atoms with van der Waals surface area (Å²) in [7, 11) is 0. The van der Waals surface area contributed by atoms with Crippen LogP contribution in [-0.2, 0) is 0 Å². The molecule has 108 valence electrons. The molecule has 1 aromatic heterocycles. The first kappa shape index (κ1) is 16.2. The number of aromatic nitrogens is 1. The summed E-state index contributed by atoms with van der Waals surface area (Å²) in [5.41, 5.74) is 2.52. The minimum absolute atomic E-state index is 0.0487. The Kier molecular flexibility index (Phi) is 6.16. The Hall–Kier alpha value is -1.90. The van der Waals surface area contributed by atoms with Crippen LogP contribution in [0, 0.1) is 12.7 Å². The molecule has 0 amide bonds. The Balaban J connectivity index is 0.000000956. The van der Waals surface area contributed by atoms with Gasteiger partial charge in [-0.2, -0.15) is 0 Å². The maximum absolute atomic E-state index is 13.4. The zero-order valence-electron chi connectivity index (χ0n) is 12.8. The lowest BCUT2D eigenvalue weighted by Crippen LogP contribution is -2.06. The molecular weight excluding hydrogens is 253 g/mol. The normalized spacial score (nSPS) is 9.95. The summed E-state index contributed by atoms with van der Waals surface area (Å²) >= 11 is 0. The second kappa shape index (κ2) is 7.63. The first-order chi connectivity index (χ1) is 9.56. The van der Waals surface area contributed by atoms with Gasteiger partial charge in [0.2, 0.25) is 0 Å². The quantitative estimate of drug-likeness (QED) is 0.785. The van der Waals surface area contributed by atoms with Gasteiger partial charge in [-0.3, -0.25) is 4.98 Å². The molecule has 3 heteroatoms. The van der Waals surface area contributed by atoms with E-state index < -0.39 is 0 Å². The zero-order chi connectivity index (χ0) is 15.1. The maximum Gasteiger partial charge on any atom is 0.127 e. The first-order valence-corrected chi connectivity index (χ1v) is 6.95. The van der Waals surface area contributed by atoms with Crippen LogP contribution in [0.4, 0.5) is 4.39 Å². The van der Waals surface area contributed by atoms with Crippen molar-refractivity contribution in [2.45, 2.75) is 40.7 Å². The maximum atomic E-state index is 13.4. The van der Waals surface area contributed by atoms with Gasteiger partial charge >= 0.3 is 0 Å². The third-order valence-electron chi connectivity index (χ3n) is 2.53. The summed E-state index contributed by atoms with van der Waals surface area (Å²) in [6, 6.07) is 8.36. The Morgan fingerprint density at radius 2 is 1.80 bits per heavy atom. The summed E-state index contributed by atoms with van der Waals surface area (Å²) in [6.45, 7) is 9.81. The molecule has 1 heterocycles. The highest BCUT2D eigenvalue weighted by molar-refractivity contribution is 5.69. The number of nitrogens with zero attached hydrogens (tertiary/aromatic N) is 1. The summed E-state index contributed by atoms with van der Waals surface area (Å²) in [5.74, 6) is 0.402. The van der Waals surface area contributed by atoms with E-state index in [9.17, 15) is 4.39 Å². The van der Waals surface area contributed by atoms with Crippen molar-refractivity contribution in [1.29, 1.82) is 0 Å². The Morgan fingerprint density at radius 1 is 1.10 bits per heavy atom. The van der Waals surface area contributed by atoms with Crippen molar-refractivity contribution in [2.75, 3.05) is 0 Å². The van der Waals surface area contributed by atoms with Crippen LogP contribution in [0.25, 0.3) is 11.1 Å². The van der Waals surface area contributed by atoms with E-state index in [1.165, 1.54) is 12.1 Å². The van der Waals surface area contributed by atoms with Crippen LogP contribution < -0.4 is 4.74 Å². The van der Waals surface area contributed by atoms with Crippen molar-refractivity contribution in [2.24, 2.45) is 0 Å². The van der Waals surface area contributed by atoms with Crippen LogP contribution in [0.3, 0.4) is 0 Å². The molecule has 1 aromatic carbocycles. The predicted octanol–water partition coefficient (Wildman–Crippen LogP) is 5.01. The molecule has 0 atom stereocenters. The van der Waals surface area contributed by atoms with Crippen molar-refractivity contribution < 1.29 is 9.13 Å². The fourth-order valence-corrected chi connectivity index (χ4v) is 1.71. The minimum atomic E-state index is -0.276. The van der Waals surface area contributed by atoms with Gasteiger partial charge in [-0.25, -0.2) is 4.39 Å². The highest BCUT2D eigenvalue weighted by atomic mass is 19.1. The fraction of sp³-hybridized carbons (Fsp3) is 0.353. The van der Waals surface area contributed by atoms with Crippen LogP contribution in [-0.4, -0.2) is 11.1 Å². The second-order valence-electron chi connectivity index (χ2n) is 4.50. The lowest BCUT2D eigenvalue weighted by Gasteiger charge is -2.14. The summed E-state index contributed by atoms with van der Waals surface area (Å²) in [5, 5.41) is 0.